The number of nitrogens with zero attached hydrogens (tertiary/aromatic N) is 2. The van der Waals surface area contributed by atoms with Crippen LogP contribution in [0.25, 0.3) is 0 Å². The highest BCUT2D eigenvalue weighted by Gasteiger charge is 2.08. The molecule has 0 aliphatic rings. The van der Waals surface area contributed by atoms with Crippen LogP contribution in [0.1, 0.15) is 0 Å². The van der Waals surface area contributed by atoms with Gasteiger partial charge in [-0.2, -0.15) is 0 Å². The molecule has 104 valence electrons. The van der Waals surface area contributed by atoms with Gasteiger partial charge >= 0.3 is 0 Å². The highest BCUT2D eigenvalue weighted by molar-refractivity contribution is 9.10. The number of pyridine rings is 1. The van der Waals surface area contributed by atoms with E-state index >= 15 is 0 Å². The molecular formula is C13H12BrN3O3. The Hall–Kier alpha value is -2.15. The van der Waals surface area contributed by atoms with Crippen molar-refractivity contribution in [1.82, 2.24) is 4.98 Å². The number of hydrogen-bond donors (Lipinski definition) is 1. The van der Waals surface area contributed by atoms with Crippen molar-refractivity contribution in [2.45, 2.75) is 0 Å². The van der Waals surface area contributed by atoms with Gasteiger partial charge in [0.05, 0.1) is 11.1 Å². The van der Waals surface area contributed by atoms with E-state index in [1.54, 1.807) is 24.5 Å². The van der Waals surface area contributed by atoms with Crippen LogP contribution < -0.4 is 10.1 Å². The minimum absolute atomic E-state index is 0.0500. The second-order valence-corrected chi connectivity index (χ2v) is 4.74. The Balaban J connectivity index is 1.84. The number of nitro groups is 1. The van der Waals surface area contributed by atoms with Crippen LogP contribution in [0.4, 0.5) is 11.4 Å². The van der Waals surface area contributed by atoms with E-state index in [0.29, 0.717) is 23.4 Å². The van der Waals surface area contributed by atoms with Gasteiger partial charge in [-0.25, -0.2) is 0 Å². The molecule has 1 heterocycles. The van der Waals surface area contributed by atoms with Crippen molar-refractivity contribution in [3.8, 4) is 5.75 Å². The summed E-state index contributed by atoms with van der Waals surface area (Å²) in [5.74, 6) is 0.706. The minimum atomic E-state index is -0.431. The number of nitro benzene ring substituents is 1. The number of benzene rings is 1. The Bertz CT molecular complexity index is 593. The molecular weight excluding hydrogens is 326 g/mol. The summed E-state index contributed by atoms with van der Waals surface area (Å²) in [7, 11) is 0. The van der Waals surface area contributed by atoms with Crippen LogP contribution in [-0.2, 0) is 0 Å². The van der Waals surface area contributed by atoms with Gasteiger partial charge in [0.15, 0.2) is 0 Å². The number of ether oxygens (including phenoxy) is 1. The van der Waals surface area contributed by atoms with E-state index in [-0.39, 0.29) is 5.69 Å². The number of aromatic nitrogens is 1. The first kappa shape index (κ1) is 14.3. The van der Waals surface area contributed by atoms with Crippen LogP contribution in [-0.4, -0.2) is 23.1 Å². The zero-order valence-electron chi connectivity index (χ0n) is 10.5. The molecule has 0 spiro atoms. The van der Waals surface area contributed by atoms with Gasteiger partial charge in [-0.1, -0.05) is 0 Å². The summed E-state index contributed by atoms with van der Waals surface area (Å²) in [5.41, 5.74) is 0.833. The maximum absolute atomic E-state index is 10.6. The molecule has 7 heteroatoms. The molecule has 0 bridgehead atoms. The Morgan fingerprint density at radius 1 is 1.40 bits per heavy atom. The highest BCUT2D eigenvalue weighted by atomic mass is 79.9. The number of nitrogens with one attached hydrogen (secondary N) is 1. The number of anilines is 1. The van der Waals surface area contributed by atoms with Crippen LogP contribution in [0.5, 0.6) is 5.75 Å². The van der Waals surface area contributed by atoms with Crippen molar-refractivity contribution < 1.29 is 9.66 Å². The first-order valence-electron chi connectivity index (χ1n) is 5.87. The zero-order chi connectivity index (χ0) is 14.4. The molecule has 2 rings (SSSR count). The van der Waals surface area contributed by atoms with Gasteiger partial charge in [0.1, 0.15) is 12.4 Å². The van der Waals surface area contributed by atoms with E-state index in [0.717, 1.165) is 5.69 Å². The van der Waals surface area contributed by atoms with Crippen molar-refractivity contribution in [2.24, 2.45) is 0 Å². The van der Waals surface area contributed by atoms with Crippen LogP contribution in [0.2, 0.25) is 0 Å². The lowest BCUT2D eigenvalue weighted by molar-refractivity contribution is -0.384. The molecule has 0 atom stereocenters. The summed E-state index contributed by atoms with van der Waals surface area (Å²) in [6, 6.07) is 8.20. The Kier molecular flexibility index (Phi) is 4.89. The predicted molar refractivity (Wildman–Crippen MR) is 79.0 cm³/mol. The molecule has 1 N–H and O–H groups in total. The molecule has 0 radical (unpaired) electrons. The molecule has 0 saturated carbocycles. The van der Waals surface area contributed by atoms with Gasteiger partial charge < -0.3 is 10.1 Å². The van der Waals surface area contributed by atoms with Gasteiger partial charge in [-0.15, -0.1) is 0 Å². The zero-order valence-corrected chi connectivity index (χ0v) is 12.0. The van der Waals surface area contributed by atoms with Crippen LogP contribution in [0.15, 0.2) is 47.2 Å². The Morgan fingerprint density at radius 3 is 2.90 bits per heavy atom. The summed E-state index contributed by atoms with van der Waals surface area (Å²) >= 11 is 3.29. The summed E-state index contributed by atoms with van der Waals surface area (Å²) in [6.07, 6.45) is 3.32. The van der Waals surface area contributed by atoms with E-state index in [2.05, 4.69) is 26.2 Å². The van der Waals surface area contributed by atoms with E-state index in [4.69, 9.17) is 4.74 Å². The molecule has 20 heavy (non-hydrogen) atoms. The molecule has 0 fully saturated rings. The van der Waals surface area contributed by atoms with E-state index in [1.165, 1.54) is 12.1 Å². The monoisotopic (exact) mass is 337 g/mol. The van der Waals surface area contributed by atoms with Crippen molar-refractivity contribution in [1.29, 1.82) is 0 Å². The third-order valence-corrected chi connectivity index (χ3v) is 3.14. The van der Waals surface area contributed by atoms with Crippen LogP contribution in [0, 0.1) is 10.1 Å². The Morgan fingerprint density at radius 2 is 2.25 bits per heavy atom. The molecule has 1 aromatic heterocycles. The lowest BCUT2D eigenvalue weighted by Gasteiger charge is -2.09. The fourth-order valence-electron chi connectivity index (χ4n) is 1.55. The third-order valence-electron chi connectivity index (χ3n) is 2.48. The SMILES string of the molecule is O=[N+]([O-])c1ccc(NCCOc2cccnc2)c(Br)c1. The van der Waals surface area contributed by atoms with Gasteiger partial charge in [0.2, 0.25) is 0 Å². The van der Waals surface area contributed by atoms with E-state index in [9.17, 15) is 10.1 Å². The van der Waals surface area contributed by atoms with Crippen LogP contribution >= 0.6 is 15.9 Å². The topological polar surface area (TPSA) is 77.3 Å². The maximum Gasteiger partial charge on any atom is 0.270 e. The van der Waals surface area contributed by atoms with Crippen molar-refractivity contribution in [2.75, 3.05) is 18.5 Å². The normalized spacial score (nSPS) is 10.1. The standard InChI is InChI=1S/C13H12BrN3O3/c14-12-8-10(17(18)19)3-4-13(12)16-6-7-20-11-2-1-5-15-9-11/h1-5,8-9,16H,6-7H2. The maximum atomic E-state index is 10.6. The smallest absolute Gasteiger partial charge is 0.270 e. The number of hydrogen-bond acceptors (Lipinski definition) is 5. The number of rotatable bonds is 6. The fraction of sp³-hybridized carbons (Fsp3) is 0.154. The lowest BCUT2D eigenvalue weighted by atomic mass is 10.3. The van der Waals surface area contributed by atoms with Crippen molar-refractivity contribution in [3.05, 3.63) is 57.3 Å². The molecule has 0 amide bonds. The van der Waals surface area contributed by atoms with Crippen molar-refractivity contribution >= 4 is 27.3 Å². The van der Waals surface area contributed by atoms with Gasteiger partial charge in [-0.3, -0.25) is 15.1 Å². The second kappa shape index (κ2) is 6.85. The van der Waals surface area contributed by atoms with E-state index < -0.39 is 4.92 Å². The minimum Gasteiger partial charge on any atom is -0.490 e. The highest BCUT2D eigenvalue weighted by Crippen LogP contribution is 2.26. The molecule has 2 aromatic rings. The summed E-state index contributed by atoms with van der Waals surface area (Å²) in [4.78, 5) is 14.1. The molecule has 0 saturated heterocycles. The molecule has 0 unspecified atom stereocenters. The average molecular weight is 338 g/mol. The quantitative estimate of drug-likeness (QED) is 0.497. The second-order valence-electron chi connectivity index (χ2n) is 3.89. The Labute approximate surface area is 124 Å². The lowest BCUT2D eigenvalue weighted by Crippen LogP contribution is -2.11. The van der Waals surface area contributed by atoms with Gasteiger partial charge in [0, 0.05) is 35.0 Å². The van der Waals surface area contributed by atoms with E-state index in [1.807, 2.05) is 6.07 Å². The van der Waals surface area contributed by atoms with Crippen molar-refractivity contribution in [3.63, 3.8) is 0 Å². The van der Waals surface area contributed by atoms with Crippen LogP contribution in [0.3, 0.4) is 0 Å². The molecule has 0 aliphatic heterocycles. The summed E-state index contributed by atoms with van der Waals surface area (Å²) in [5, 5.41) is 13.8. The summed E-state index contributed by atoms with van der Waals surface area (Å²) < 4.78 is 6.13. The first-order valence-corrected chi connectivity index (χ1v) is 6.67. The molecule has 0 aliphatic carbocycles. The fourth-order valence-corrected chi connectivity index (χ4v) is 2.05. The molecule has 6 nitrogen and oxygen atoms in total. The predicted octanol–water partition coefficient (Wildman–Crippen LogP) is 3.24. The van der Waals surface area contributed by atoms with Gasteiger partial charge in [0.25, 0.3) is 5.69 Å². The summed E-state index contributed by atoms with van der Waals surface area (Å²) in [6.45, 7) is 1.04. The van der Waals surface area contributed by atoms with Gasteiger partial charge in [-0.05, 0) is 34.1 Å². The average Bonchev–Trinajstić information content (AvgIpc) is 2.46. The number of non-ortho nitro benzene ring substituents is 1. The third kappa shape index (κ3) is 3.92. The molecule has 1 aromatic carbocycles. The number of halogens is 1. The first-order chi connectivity index (χ1) is 9.66. The largest absolute Gasteiger partial charge is 0.490 e.